The molecule has 0 radical (unpaired) electrons. The molecular formula is C30H39N3O. The number of pyridine rings is 2. The molecule has 0 amide bonds. The van der Waals surface area contributed by atoms with E-state index in [9.17, 15) is 0 Å². The first kappa shape index (κ1) is 24.3. The monoisotopic (exact) mass is 457 g/mol. The highest BCUT2D eigenvalue weighted by Crippen LogP contribution is 2.39. The Kier molecular flexibility index (Phi) is 7.25. The van der Waals surface area contributed by atoms with E-state index in [1.165, 1.54) is 35.2 Å². The molecule has 2 aromatic heterocycles. The van der Waals surface area contributed by atoms with Crippen LogP contribution in [0.15, 0.2) is 42.7 Å². The highest BCUT2D eigenvalue weighted by atomic mass is 16.5. The average Bonchev–Trinajstić information content (AvgIpc) is 2.81. The normalized spacial score (nSPS) is 15.4. The second kappa shape index (κ2) is 10.2. The van der Waals surface area contributed by atoms with Crippen LogP contribution in [0, 0.1) is 26.2 Å². The lowest BCUT2D eigenvalue weighted by Gasteiger charge is -2.40. The Labute approximate surface area is 205 Å². The summed E-state index contributed by atoms with van der Waals surface area (Å²) >= 11 is 0. The minimum absolute atomic E-state index is 0.414. The molecule has 0 N–H and O–H groups in total. The van der Waals surface area contributed by atoms with Crippen molar-refractivity contribution in [2.24, 2.45) is 5.41 Å². The average molecular weight is 458 g/mol. The zero-order valence-electron chi connectivity index (χ0n) is 21.7. The smallest absolute Gasteiger partial charge is 0.140 e. The minimum atomic E-state index is 0.414. The number of hydrogen-bond donors (Lipinski definition) is 0. The van der Waals surface area contributed by atoms with Crippen LogP contribution >= 0.6 is 0 Å². The van der Waals surface area contributed by atoms with Gasteiger partial charge in [0.25, 0.3) is 0 Å². The van der Waals surface area contributed by atoms with Crippen molar-refractivity contribution in [1.82, 2.24) is 9.97 Å². The highest BCUT2D eigenvalue weighted by molar-refractivity contribution is 5.79. The molecular weight excluding hydrogens is 418 g/mol. The van der Waals surface area contributed by atoms with E-state index >= 15 is 0 Å². The van der Waals surface area contributed by atoms with Gasteiger partial charge in [-0.2, -0.15) is 0 Å². The molecule has 0 spiro atoms. The SMILES string of the molecule is CCc1c(C)ncc(-c2cc(C)c(OCCc3ccc(C)cc3)cn2)c1N1CCC(C)(C)CC1. The van der Waals surface area contributed by atoms with Gasteiger partial charge in [-0.15, -0.1) is 0 Å². The third-order valence-electron chi connectivity index (χ3n) is 7.26. The molecule has 180 valence electrons. The van der Waals surface area contributed by atoms with E-state index in [1.54, 1.807) is 0 Å². The van der Waals surface area contributed by atoms with Crippen LogP contribution in [0.3, 0.4) is 0 Å². The standard InChI is InChI=1S/C30H39N3O/c1-7-25-23(4)31-19-26(29(25)33-15-13-30(5,6)14-16-33)27-18-22(3)28(20-32-27)34-17-12-24-10-8-21(2)9-11-24/h8-11,18-20H,7,12-17H2,1-6H3. The largest absolute Gasteiger partial charge is 0.491 e. The third kappa shape index (κ3) is 5.43. The van der Waals surface area contributed by atoms with Crippen molar-refractivity contribution in [2.45, 2.75) is 67.2 Å². The summed E-state index contributed by atoms with van der Waals surface area (Å²) in [5, 5.41) is 0. The molecule has 1 aliphatic rings. The first-order valence-electron chi connectivity index (χ1n) is 12.7. The van der Waals surface area contributed by atoms with E-state index in [0.29, 0.717) is 12.0 Å². The van der Waals surface area contributed by atoms with Crippen molar-refractivity contribution in [1.29, 1.82) is 0 Å². The van der Waals surface area contributed by atoms with Crippen LogP contribution in [0.4, 0.5) is 5.69 Å². The Morgan fingerprint density at radius 2 is 1.68 bits per heavy atom. The zero-order valence-corrected chi connectivity index (χ0v) is 21.7. The Bertz CT molecular complexity index is 1120. The van der Waals surface area contributed by atoms with Crippen molar-refractivity contribution in [3.05, 3.63) is 70.7 Å². The van der Waals surface area contributed by atoms with Gasteiger partial charge in [0.2, 0.25) is 0 Å². The van der Waals surface area contributed by atoms with Crippen LogP contribution in [-0.2, 0) is 12.8 Å². The van der Waals surface area contributed by atoms with Crippen LogP contribution in [0.25, 0.3) is 11.3 Å². The molecule has 0 saturated carbocycles. The van der Waals surface area contributed by atoms with E-state index in [-0.39, 0.29) is 0 Å². The van der Waals surface area contributed by atoms with Gasteiger partial charge in [-0.3, -0.25) is 9.97 Å². The van der Waals surface area contributed by atoms with E-state index in [4.69, 9.17) is 14.7 Å². The first-order chi connectivity index (χ1) is 16.3. The van der Waals surface area contributed by atoms with Gasteiger partial charge in [-0.05, 0) is 68.2 Å². The summed E-state index contributed by atoms with van der Waals surface area (Å²) in [6.45, 7) is 16.1. The van der Waals surface area contributed by atoms with Crippen molar-refractivity contribution in [3.63, 3.8) is 0 Å². The van der Waals surface area contributed by atoms with Crippen molar-refractivity contribution in [2.75, 3.05) is 24.6 Å². The van der Waals surface area contributed by atoms with E-state index in [2.05, 4.69) is 76.8 Å². The lowest BCUT2D eigenvalue weighted by Crippen LogP contribution is -2.38. The van der Waals surface area contributed by atoms with Gasteiger partial charge in [0, 0.05) is 37.0 Å². The Balaban J connectivity index is 1.56. The Morgan fingerprint density at radius 3 is 2.32 bits per heavy atom. The molecule has 0 bridgehead atoms. The van der Waals surface area contributed by atoms with Crippen molar-refractivity contribution < 1.29 is 4.74 Å². The first-order valence-corrected chi connectivity index (χ1v) is 12.7. The maximum absolute atomic E-state index is 6.11. The molecule has 4 nitrogen and oxygen atoms in total. The summed E-state index contributed by atoms with van der Waals surface area (Å²) in [7, 11) is 0. The quantitative estimate of drug-likeness (QED) is 0.388. The van der Waals surface area contributed by atoms with Gasteiger partial charge in [0.15, 0.2) is 0 Å². The van der Waals surface area contributed by atoms with Crippen molar-refractivity contribution in [3.8, 4) is 17.0 Å². The van der Waals surface area contributed by atoms with Crippen LogP contribution in [-0.4, -0.2) is 29.7 Å². The fourth-order valence-corrected chi connectivity index (χ4v) is 4.82. The highest BCUT2D eigenvalue weighted by Gasteiger charge is 2.28. The molecule has 4 heteroatoms. The molecule has 0 aliphatic carbocycles. The summed E-state index contributed by atoms with van der Waals surface area (Å²) in [6.07, 6.45) is 8.17. The number of aromatic nitrogens is 2. The summed E-state index contributed by atoms with van der Waals surface area (Å²) in [4.78, 5) is 12.2. The number of rotatable bonds is 7. The second-order valence-electron chi connectivity index (χ2n) is 10.5. The number of anilines is 1. The summed E-state index contributed by atoms with van der Waals surface area (Å²) in [6, 6.07) is 10.8. The van der Waals surface area contributed by atoms with Crippen molar-refractivity contribution >= 4 is 5.69 Å². The zero-order chi connectivity index (χ0) is 24.3. The predicted octanol–water partition coefficient (Wildman–Crippen LogP) is 6.88. The molecule has 34 heavy (non-hydrogen) atoms. The Morgan fingerprint density at radius 1 is 0.971 bits per heavy atom. The number of ether oxygens (including phenoxy) is 1. The Hall–Kier alpha value is -2.88. The lowest BCUT2D eigenvalue weighted by atomic mass is 9.82. The van der Waals surface area contributed by atoms with E-state index in [0.717, 1.165) is 54.2 Å². The summed E-state index contributed by atoms with van der Waals surface area (Å²) < 4.78 is 6.11. The molecule has 0 unspecified atom stereocenters. The maximum Gasteiger partial charge on any atom is 0.140 e. The molecule has 4 rings (SSSR count). The van der Waals surface area contributed by atoms with Gasteiger partial charge < -0.3 is 9.64 Å². The summed E-state index contributed by atoms with van der Waals surface area (Å²) in [5.41, 5.74) is 10.0. The van der Waals surface area contributed by atoms with Gasteiger partial charge in [-0.25, -0.2) is 0 Å². The number of aryl methyl sites for hydroxylation is 3. The van der Waals surface area contributed by atoms with Crippen LogP contribution < -0.4 is 9.64 Å². The molecule has 3 aromatic rings. The van der Waals surface area contributed by atoms with Crippen LogP contribution in [0.1, 0.15) is 61.6 Å². The lowest BCUT2D eigenvalue weighted by molar-refractivity contribution is 0.279. The second-order valence-corrected chi connectivity index (χ2v) is 10.5. The molecule has 1 aliphatic heterocycles. The molecule has 0 atom stereocenters. The third-order valence-corrected chi connectivity index (χ3v) is 7.26. The van der Waals surface area contributed by atoms with Gasteiger partial charge >= 0.3 is 0 Å². The maximum atomic E-state index is 6.11. The minimum Gasteiger partial charge on any atom is -0.491 e. The molecule has 3 heterocycles. The van der Waals surface area contributed by atoms with Crippen LogP contribution in [0.2, 0.25) is 0 Å². The molecule has 1 saturated heterocycles. The predicted molar refractivity (Wildman–Crippen MR) is 142 cm³/mol. The van der Waals surface area contributed by atoms with E-state index < -0.39 is 0 Å². The number of hydrogen-bond acceptors (Lipinski definition) is 4. The fraction of sp³-hybridized carbons (Fsp3) is 0.467. The van der Waals surface area contributed by atoms with Gasteiger partial charge in [0.05, 0.1) is 24.2 Å². The van der Waals surface area contributed by atoms with Gasteiger partial charge in [0.1, 0.15) is 5.75 Å². The number of piperidine rings is 1. The number of nitrogens with zero attached hydrogens (tertiary/aromatic N) is 3. The number of benzene rings is 1. The van der Waals surface area contributed by atoms with Gasteiger partial charge in [-0.1, -0.05) is 50.6 Å². The van der Waals surface area contributed by atoms with E-state index in [1.807, 2.05) is 12.4 Å². The summed E-state index contributed by atoms with van der Waals surface area (Å²) in [5.74, 6) is 0.855. The molecule has 1 fully saturated rings. The fourth-order valence-electron chi connectivity index (χ4n) is 4.82. The topological polar surface area (TPSA) is 38.3 Å². The van der Waals surface area contributed by atoms with Crippen LogP contribution in [0.5, 0.6) is 5.75 Å². The molecule has 1 aromatic carbocycles.